The molecule has 0 spiro atoms. The molecule has 1 aromatic rings. The minimum absolute atomic E-state index is 0.233. The first kappa shape index (κ1) is 17.7. The lowest BCUT2D eigenvalue weighted by Crippen LogP contribution is -2.50. The van der Waals surface area contributed by atoms with Gasteiger partial charge >= 0.3 is 6.03 Å². The van der Waals surface area contributed by atoms with E-state index >= 15 is 4.39 Å². The molecule has 2 amide bonds. The number of nitrogens with one attached hydrogen (secondary N) is 1. The number of hydrogen-bond donors (Lipinski definition) is 1. The maximum atomic E-state index is 15.1. The van der Waals surface area contributed by atoms with Gasteiger partial charge in [-0.1, -0.05) is 29.8 Å². The average Bonchev–Trinajstić information content (AvgIpc) is 2.55. The third kappa shape index (κ3) is 4.72. The number of urea groups is 1. The summed E-state index contributed by atoms with van der Waals surface area (Å²) in [6.45, 7) is 1.49. The number of likely N-dealkylation sites (N-methyl/N-ethyl adjacent to an activating group) is 1. The minimum atomic E-state index is -1.30. The van der Waals surface area contributed by atoms with Crippen molar-refractivity contribution in [1.82, 2.24) is 15.2 Å². The number of rotatable bonds is 2. The van der Waals surface area contributed by atoms with Gasteiger partial charge in [0, 0.05) is 31.6 Å². The van der Waals surface area contributed by atoms with E-state index < -0.39 is 5.67 Å². The van der Waals surface area contributed by atoms with Gasteiger partial charge in [-0.25, -0.2) is 9.18 Å². The summed E-state index contributed by atoms with van der Waals surface area (Å²) in [5, 5.41) is 9.35. The molecule has 1 aromatic carbocycles. The van der Waals surface area contributed by atoms with Crippen LogP contribution < -0.4 is 5.32 Å². The summed E-state index contributed by atoms with van der Waals surface area (Å²) in [6.07, 6.45) is 4.66. The molecule has 2 aliphatic rings. The molecule has 0 unspecified atom stereocenters. The van der Waals surface area contributed by atoms with E-state index in [0.717, 1.165) is 12.1 Å². The highest BCUT2D eigenvalue weighted by atomic mass is 35.5. The van der Waals surface area contributed by atoms with E-state index in [1.807, 2.05) is 25.3 Å². The van der Waals surface area contributed by atoms with Crippen molar-refractivity contribution in [2.45, 2.75) is 24.9 Å². The van der Waals surface area contributed by atoms with Crippen molar-refractivity contribution in [1.29, 1.82) is 0 Å². The summed E-state index contributed by atoms with van der Waals surface area (Å²) in [7, 11) is 1.84. The lowest BCUT2D eigenvalue weighted by Gasteiger charge is -2.36. The van der Waals surface area contributed by atoms with E-state index in [2.05, 4.69) is 10.4 Å². The second kappa shape index (κ2) is 7.44. The highest BCUT2D eigenvalue weighted by molar-refractivity contribution is 6.30. The van der Waals surface area contributed by atoms with E-state index in [-0.39, 0.29) is 6.03 Å². The van der Waals surface area contributed by atoms with Crippen LogP contribution in [-0.4, -0.2) is 54.1 Å². The van der Waals surface area contributed by atoms with E-state index in [9.17, 15) is 4.79 Å². The standard InChI is InChI=1S/C18H22ClFN4O/c1-23-9-3-6-16(22-23)21-17(25)24-10-7-18(20,8-11-24)13-14-4-2-5-15(19)12-14/h2-6,12H,7-11,13H2,1H3,(H,21,22,25). The first-order valence-corrected chi connectivity index (χ1v) is 8.77. The predicted octanol–water partition coefficient (Wildman–Crippen LogP) is 3.21. The van der Waals surface area contributed by atoms with E-state index in [1.54, 1.807) is 28.1 Å². The quantitative estimate of drug-likeness (QED) is 0.876. The molecule has 0 saturated carbocycles. The van der Waals surface area contributed by atoms with Crippen molar-refractivity contribution in [2.24, 2.45) is 5.10 Å². The zero-order valence-corrected chi connectivity index (χ0v) is 15.0. The number of benzene rings is 1. The molecule has 0 aromatic heterocycles. The summed E-state index contributed by atoms with van der Waals surface area (Å²) < 4.78 is 15.1. The molecule has 2 aliphatic heterocycles. The van der Waals surface area contributed by atoms with Gasteiger partial charge in [0.2, 0.25) is 0 Å². The minimum Gasteiger partial charge on any atom is -0.324 e. The molecule has 1 fully saturated rings. The van der Waals surface area contributed by atoms with Crippen LogP contribution in [0.2, 0.25) is 5.02 Å². The molecule has 0 aliphatic carbocycles. The van der Waals surface area contributed by atoms with Gasteiger partial charge in [0.25, 0.3) is 0 Å². The molecule has 1 N–H and O–H groups in total. The first-order chi connectivity index (χ1) is 11.9. The number of amidine groups is 1. The van der Waals surface area contributed by atoms with Crippen LogP contribution >= 0.6 is 11.6 Å². The first-order valence-electron chi connectivity index (χ1n) is 8.39. The van der Waals surface area contributed by atoms with Crippen LogP contribution in [0.15, 0.2) is 41.5 Å². The number of likely N-dealkylation sites (tertiary alicyclic amines) is 1. The van der Waals surface area contributed by atoms with Gasteiger partial charge in [0.1, 0.15) is 5.67 Å². The van der Waals surface area contributed by atoms with Gasteiger partial charge < -0.3 is 4.90 Å². The van der Waals surface area contributed by atoms with Crippen molar-refractivity contribution >= 4 is 23.5 Å². The fourth-order valence-corrected chi connectivity index (χ4v) is 3.34. The largest absolute Gasteiger partial charge is 0.324 e. The third-order valence-corrected chi connectivity index (χ3v) is 4.75. The Kier molecular flexibility index (Phi) is 5.27. The number of halogens is 2. The van der Waals surface area contributed by atoms with Crippen molar-refractivity contribution in [3.05, 3.63) is 47.0 Å². The van der Waals surface area contributed by atoms with Gasteiger partial charge in [-0.3, -0.25) is 10.3 Å². The van der Waals surface area contributed by atoms with E-state index in [4.69, 9.17) is 11.6 Å². The zero-order valence-electron chi connectivity index (χ0n) is 14.2. The Balaban J connectivity index is 1.54. The normalized spacial score (nSPS) is 19.6. The Labute approximate surface area is 152 Å². The number of piperidine rings is 1. The van der Waals surface area contributed by atoms with Crippen LogP contribution in [0, 0.1) is 0 Å². The zero-order chi connectivity index (χ0) is 17.9. The van der Waals surface area contributed by atoms with Crippen molar-refractivity contribution in [2.75, 3.05) is 26.7 Å². The number of carbonyl (C=O) groups excluding carboxylic acids is 1. The van der Waals surface area contributed by atoms with Crippen molar-refractivity contribution < 1.29 is 9.18 Å². The Morgan fingerprint density at radius 3 is 2.84 bits per heavy atom. The van der Waals surface area contributed by atoms with Crippen molar-refractivity contribution in [3.63, 3.8) is 0 Å². The van der Waals surface area contributed by atoms with Crippen LogP contribution in [0.4, 0.5) is 9.18 Å². The second-order valence-electron chi connectivity index (χ2n) is 6.60. The smallest absolute Gasteiger partial charge is 0.323 e. The molecule has 1 saturated heterocycles. The molecular weight excluding hydrogens is 343 g/mol. The Morgan fingerprint density at radius 1 is 1.40 bits per heavy atom. The molecule has 0 atom stereocenters. The Hall–Kier alpha value is -2.08. The SMILES string of the molecule is CN1CC=CC(NC(=O)N2CCC(F)(Cc3cccc(Cl)c3)CC2)=N1. The molecule has 3 rings (SSSR count). The van der Waals surface area contributed by atoms with Crippen LogP contribution in [-0.2, 0) is 6.42 Å². The monoisotopic (exact) mass is 364 g/mol. The van der Waals surface area contributed by atoms with Gasteiger partial charge in [-0.05, 0) is 36.6 Å². The number of alkyl halides is 1. The number of hydrogen-bond acceptors (Lipinski definition) is 3. The second-order valence-corrected chi connectivity index (χ2v) is 7.04. The predicted molar refractivity (Wildman–Crippen MR) is 97.5 cm³/mol. The molecule has 5 nitrogen and oxygen atoms in total. The Morgan fingerprint density at radius 2 is 2.16 bits per heavy atom. The summed E-state index contributed by atoms with van der Waals surface area (Å²) in [6, 6.07) is 7.06. The van der Waals surface area contributed by atoms with Crippen LogP contribution in [0.5, 0.6) is 0 Å². The molecule has 25 heavy (non-hydrogen) atoms. The number of nitrogens with zero attached hydrogens (tertiary/aromatic N) is 3. The number of amides is 2. The maximum Gasteiger partial charge on any atom is 0.323 e. The van der Waals surface area contributed by atoms with Gasteiger partial charge in [-0.2, -0.15) is 5.10 Å². The number of carbonyl (C=O) groups is 1. The highest BCUT2D eigenvalue weighted by Crippen LogP contribution is 2.31. The fourth-order valence-electron chi connectivity index (χ4n) is 3.13. The molecule has 0 radical (unpaired) electrons. The van der Waals surface area contributed by atoms with Gasteiger partial charge in [0.05, 0.1) is 6.54 Å². The van der Waals surface area contributed by atoms with Crippen LogP contribution in [0.3, 0.4) is 0 Å². The lowest BCUT2D eigenvalue weighted by atomic mass is 9.87. The van der Waals surface area contributed by atoms with Gasteiger partial charge in [-0.15, -0.1) is 0 Å². The van der Waals surface area contributed by atoms with E-state index in [1.165, 1.54) is 0 Å². The molecule has 2 heterocycles. The molecular formula is C18H22ClFN4O. The third-order valence-electron chi connectivity index (χ3n) is 4.52. The highest BCUT2D eigenvalue weighted by Gasteiger charge is 2.36. The summed E-state index contributed by atoms with van der Waals surface area (Å²) in [5.74, 6) is 0.509. The molecule has 7 heteroatoms. The maximum absolute atomic E-state index is 15.1. The van der Waals surface area contributed by atoms with Crippen molar-refractivity contribution in [3.8, 4) is 0 Å². The summed E-state index contributed by atoms with van der Waals surface area (Å²) >= 11 is 5.97. The van der Waals surface area contributed by atoms with Gasteiger partial charge in [0.15, 0.2) is 5.84 Å². The lowest BCUT2D eigenvalue weighted by molar-refractivity contribution is 0.0724. The molecule has 134 valence electrons. The summed E-state index contributed by atoms with van der Waals surface area (Å²) in [5.41, 5.74) is -0.415. The topological polar surface area (TPSA) is 47.9 Å². The van der Waals surface area contributed by atoms with Crippen LogP contribution in [0.1, 0.15) is 18.4 Å². The van der Waals surface area contributed by atoms with Crippen LogP contribution in [0.25, 0.3) is 0 Å². The fraction of sp³-hybridized carbons (Fsp3) is 0.444. The Bertz CT molecular complexity index is 698. The summed E-state index contributed by atoms with van der Waals surface area (Å²) in [4.78, 5) is 14.0. The average molecular weight is 365 g/mol. The van der Waals surface area contributed by atoms with E-state index in [0.29, 0.717) is 43.2 Å². The molecule has 0 bridgehead atoms. The number of hydrazone groups is 1.